The summed E-state index contributed by atoms with van der Waals surface area (Å²) in [6.45, 7) is 4.46. The zero-order chi connectivity index (χ0) is 13.8. The van der Waals surface area contributed by atoms with Gasteiger partial charge in [-0.3, -0.25) is 4.79 Å². The first kappa shape index (κ1) is 13.3. The molecule has 0 aromatic carbocycles. The monoisotopic (exact) mass is 278 g/mol. The summed E-state index contributed by atoms with van der Waals surface area (Å²) in [5.41, 5.74) is 6.10. The van der Waals surface area contributed by atoms with Crippen LogP contribution in [0.5, 0.6) is 0 Å². The van der Waals surface area contributed by atoms with Crippen molar-refractivity contribution in [2.45, 2.75) is 24.0 Å². The Bertz CT molecular complexity index is 641. The summed E-state index contributed by atoms with van der Waals surface area (Å²) in [7, 11) is 0. The fourth-order valence-electron chi connectivity index (χ4n) is 1.47. The van der Waals surface area contributed by atoms with Crippen molar-refractivity contribution in [2.24, 2.45) is 0 Å². The van der Waals surface area contributed by atoms with Crippen LogP contribution < -0.4 is 16.6 Å². The summed E-state index contributed by atoms with van der Waals surface area (Å²) in [5.74, 6) is 0.823. The second kappa shape index (κ2) is 5.70. The Morgan fingerprint density at radius 2 is 2.16 bits per heavy atom. The van der Waals surface area contributed by atoms with Gasteiger partial charge in [0.25, 0.3) is 5.56 Å². The molecule has 0 saturated carbocycles. The van der Waals surface area contributed by atoms with Crippen LogP contribution in [0.15, 0.2) is 27.1 Å². The molecule has 4 N–H and O–H groups in total. The van der Waals surface area contributed by atoms with Crippen LogP contribution in [-0.2, 0) is 0 Å². The van der Waals surface area contributed by atoms with Crippen LogP contribution in [0, 0.1) is 6.92 Å². The van der Waals surface area contributed by atoms with Crippen molar-refractivity contribution in [3.8, 4) is 0 Å². The van der Waals surface area contributed by atoms with E-state index in [0.29, 0.717) is 21.7 Å². The molecule has 0 fully saturated rings. The van der Waals surface area contributed by atoms with Gasteiger partial charge in [0.05, 0.1) is 0 Å². The molecule has 0 unspecified atom stereocenters. The highest BCUT2D eigenvalue weighted by molar-refractivity contribution is 7.99. The largest absolute Gasteiger partial charge is 0.370 e. The second-order valence-electron chi connectivity index (χ2n) is 3.77. The van der Waals surface area contributed by atoms with Gasteiger partial charge in [-0.2, -0.15) is 4.98 Å². The molecule has 0 saturated heterocycles. The first-order valence-corrected chi connectivity index (χ1v) is 6.52. The van der Waals surface area contributed by atoms with E-state index in [2.05, 4.69) is 25.3 Å². The fraction of sp³-hybridized carbons (Fsp3) is 0.273. The van der Waals surface area contributed by atoms with E-state index in [1.807, 2.05) is 6.92 Å². The van der Waals surface area contributed by atoms with Gasteiger partial charge in [0.2, 0.25) is 5.95 Å². The zero-order valence-electron chi connectivity index (χ0n) is 10.6. The van der Waals surface area contributed by atoms with Crippen LogP contribution in [-0.4, -0.2) is 26.5 Å². The summed E-state index contributed by atoms with van der Waals surface area (Å²) in [4.78, 5) is 26.4. The molecule has 0 aliphatic rings. The van der Waals surface area contributed by atoms with Crippen LogP contribution in [0.2, 0.25) is 0 Å². The predicted molar refractivity (Wildman–Crippen MR) is 74.3 cm³/mol. The molecular weight excluding hydrogens is 264 g/mol. The lowest BCUT2D eigenvalue weighted by Crippen LogP contribution is -2.08. The summed E-state index contributed by atoms with van der Waals surface area (Å²) >= 11 is 1.23. The van der Waals surface area contributed by atoms with E-state index in [4.69, 9.17) is 5.73 Å². The Labute approximate surface area is 114 Å². The van der Waals surface area contributed by atoms with Crippen molar-refractivity contribution in [3.05, 3.63) is 28.2 Å². The first-order chi connectivity index (χ1) is 9.06. The van der Waals surface area contributed by atoms with E-state index in [1.165, 1.54) is 17.8 Å². The molecule has 0 aliphatic heterocycles. The van der Waals surface area contributed by atoms with Gasteiger partial charge in [0.1, 0.15) is 10.8 Å². The zero-order valence-corrected chi connectivity index (χ0v) is 11.4. The lowest BCUT2D eigenvalue weighted by molar-refractivity contribution is 0.901. The molecule has 0 aliphatic carbocycles. The van der Waals surface area contributed by atoms with Crippen LogP contribution in [0.3, 0.4) is 0 Å². The van der Waals surface area contributed by atoms with Crippen LogP contribution in [0.1, 0.15) is 12.6 Å². The van der Waals surface area contributed by atoms with E-state index in [1.54, 1.807) is 13.0 Å². The normalized spacial score (nSPS) is 10.4. The summed E-state index contributed by atoms with van der Waals surface area (Å²) in [6, 6.07) is 3.19. The molecule has 0 atom stereocenters. The van der Waals surface area contributed by atoms with Crippen molar-refractivity contribution in [1.29, 1.82) is 0 Å². The number of nitrogen functional groups attached to an aromatic ring is 1. The third-order valence-corrected chi connectivity index (χ3v) is 2.93. The molecule has 0 radical (unpaired) electrons. The fourth-order valence-corrected chi connectivity index (χ4v) is 2.31. The molecule has 2 aromatic heterocycles. The number of H-pyrrole nitrogens is 1. The third kappa shape index (κ3) is 3.68. The lowest BCUT2D eigenvalue weighted by Gasteiger charge is -2.06. The number of aromatic nitrogens is 4. The quantitative estimate of drug-likeness (QED) is 0.566. The van der Waals surface area contributed by atoms with E-state index >= 15 is 0 Å². The number of nitrogens with one attached hydrogen (secondary N) is 2. The third-order valence-electron chi connectivity index (χ3n) is 2.13. The van der Waals surface area contributed by atoms with Gasteiger partial charge in [-0.05, 0) is 25.6 Å². The van der Waals surface area contributed by atoms with Crippen LogP contribution in [0.4, 0.5) is 11.8 Å². The Morgan fingerprint density at radius 3 is 2.84 bits per heavy atom. The van der Waals surface area contributed by atoms with E-state index in [9.17, 15) is 4.79 Å². The Morgan fingerprint density at radius 1 is 1.37 bits per heavy atom. The summed E-state index contributed by atoms with van der Waals surface area (Å²) in [6.07, 6.45) is 0. The van der Waals surface area contributed by atoms with Crippen molar-refractivity contribution in [2.75, 3.05) is 17.6 Å². The molecule has 0 bridgehead atoms. The van der Waals surface area contributed by atoms with Gasteiger partial charge in [0, 0.05) is 24.4 Å². The average Bonchev–Trinajstić information content (AvgIpc) is 2.26. The molecule has 8 heteroatoms. The number of hydrogen-bond donors (Lipinski definition) is 3. The van der Waals surface area contributed by atoms with Gasteiger partial charge in [-0.25, -0.2) is 9.97 Å². The van der Waals surface area contributed by atoms with Gasteiger partial charge >= 0.3 is 0 Å². The Hall–Kier alpha value is -2.09. The molecule has 2 aromatic rings. The van der Waals surface area contributed by atoms with Gasteiger partial charge in [0.15, 0.2) is 5.16 Å². The maximum Gasteiger partial charge on any atom is 0.251 e. The van der Waals surface area contributed by atoms with E-state index in [-0.39, 0.29) is 11.5 Å². The molecule has 100 valence electrons. The minimum atomic E-state index is -0.191. The average molecular weight is 278 g/mol. The molecule has 19 heavy (non-hydrogen) atoms. The SMILES string of the molecule is CCNc1cc(Sc2nc(C)cc(=O)[nH]2)nc(N)n1. The number of hydrogen-bond acceptors (Lipinski definition) is 7. The number of rotatable bonds is 4. The maximum absolute atomic E-state index is 11.4. The number of aromatic amines is 1. The van der Waals surface area contributed by atoms with E-state index in [0.717, 1.165) is 6.54 Å². The second-order valence-corrected chi connectivity index (χ2v) is 4.78. The predicted octanol–water partition coefficient (Wildman–Crippen LogP) is 1.03. The lowest BCUT2D eigenvalue weighted by atomic mass is 10.5. The number of nitrogens with two attached hydrogens (primary N) is 1. The topological polar surface area (TPSA) is 110 Å². The smallest absolute Gasteiger partial charge is 0.251 e. The Kier molecular flexibility index (Phi) is 4.00. The molecule has 0 spiro atoms. The highest BCUT2D eigenvalue weighted by atomic mass is 32.2. The first-order valence-electron chi connectivity index (χ1n) is 5.71. The van der Waals surface area contributed by atoms with Crippen LogP contribution in [0.25, 0.3) is 0 Å². The van der Waals surface area contributed by atoms with Crippen molar-refractivity contribution in [3.63, 3.8) is 0 Å². The van der Waals surface area contributed by atoms with Crippen molar-refractivity contribution in [1.82, 2.24) is 19.9 Å². The maximum atomic E-state index is 11.4. The number of anilines is 2. The molecule has 0 amide bonds. The number of aryl methyl sites for hydroxylation is 1. The Balaban J connectivity index is 2.29. The summed E-state index contributed by atoms with van der Waals surface area (Å²) in [5, 5.41) is 4.16. The highest BCUT2D eigenvalue weighted by Crippen LogP contribution is 2.24. The molecule has 7 nitrogen and oxygen atoms in total. The van der Waals surface area contributed by atoms with Crippen molar-refractivity contribution >= 4 is 23.5 Å². The highest BCUT2D eigenvalue weighted by Gasteiger charge is 2.06. The summed E-state index contributed by atoms with van der Waals surface area (Å²) < 4.78 is 0. The minimum absolute atomic E-state index is 0.177. The van der Waals surface area contributed by atoms with E-state index < -0.39 is 0 Å². The molecular formula is C11H14N6OS. The minimum Gasteiger partial charge on any atom is -0.370 e. The van der Waals surface area contributed by atoms with Crippen molar-refractivity contribution < 1.29 is 0 Å². The van der Waals surface area contributed by atoms with Gasteiger partial charge in [-0.1, -0.05) is 0 Å². The molecule has 2 rings (SSSR count). The van der Waals surface area contributed by atoms with Gasteiger partial charge in [-0.15, -0.1) is 0 Å². The standard InChI is InChI=1S/C11H14N6OS/c1-3-13-7-5-9(17-10(12)15-7)19-11-14-6(2)4-8(18)16-11/h4-5H,3H2,1-2H3,(H,14,16,18)(H3,12,13,15,17). The van der Waals surface area contributed by atoms with Gasteiger partial charge < -0.3 is 16.0 Å². The molecule has 2 heterocycles. The van der Waals surface area contributed by atoms with Crippen LogP contribution >= 0.6 is 11.8 Å². The number of nitrogens with zero attached hydrogens (tertiary/aromatic N) is 3.